The van der Waals surface area contributed by atoms with Gasteiger partial charge in [0.2, 0.25) is 5.95 Å². The molecule has 0 unspecified atom stereocenters. The van der Waals surface area contributed by atoms with E-state index in [0.29, 0.717) is 0 Å². The molecule has 3 heterocycles. The second-order valence-electron chi connectivity index (χ2n) is 9.33. The topological polar surface area (TPSA) is 53.4 Å². The number of carbonyl (C=O) groups is 1. The second kappa shape index (κ2) is 12.4. The minimum Gasteiger partial charge on any atom is -0.339 e. The van der Waals surface area contributed by atoms with Crippen LogP contribution < -0.4 is 5.32 Å². The van der Waals surface area contributed by atoms with Gasteiger partial charge in [-0.3, -0.25) is 4.79 Å². The first-order valence-corrected chi connectivity index (χ1v) is 13.9. The fraction of sp³-hybridized carbons (Fsp3) is 0.556. The fourth-order valence-electron chi connectivity index (χ4n) is 4.70. The highest BCUT2D eigenvalue weighted by Gasteiger charge is 2.19. The summed E-state index contributed by atoms with van der Waals surface area (Å²) in [7, 11) is 0. The number of anilines is 2. The molecule has 0 spiro atoms. The van der Waals surface area contributed by atoms with Crippen molar-refractivity contribution >= 4 is 39.9 Å². The van der Waals surface area contributed by atoms with Crippen molar-refractivity contribution in [1.82, 2.24) is 19.4 Å². The number of hydrogen-bond donors (Lipinski definition) is 1. The molecule has 1 fully saturated rings. The molecule has 0 radical (unpaired) electrons. The Morgan fingerprint density at radius 1 is 1.06 bits per heavy atom. The Balaban J connectivity index is 1.59. The fourth-order valence-corrected chi connectivity index (χ4v) is 5.28. The van der Waals surface area contributed by atoms with E-state index in [4.69, 9.17) is 4.98 Å². The number of nitrogens with one attached hydrogen (secondary N) is 1. The summed E-state index contributed by atoms with van der Waals surface area (Å²) in [6, 6.07) is 8.10. The van der Waals surface area contributed by atoms with E-state index in [2.05, 4.69) is 51.5 Å². The molecule has 1 amide bonds. The van der Waals surface area contributed by atoms with E-state index in [1.807, 2.05) is 17.0 Å². The van der Waals surface area contributed by atoms with Crippen molar-refractivity contribution in [2.24, 2.45) is 0 Å². The van der Waals surface area contributed by atoms with Gasteiger partial charge in [-0.25, -0.2) is 4.98 Å². The standard InChI is InChI=1S/C27H39N5OS/c1-3-5-16-31(17-6-4-2)26(33)22-10-11-24-25(20-22)32(18-9-15-30-13-7-8-14-30)27(29-24)28-23-12-19-34-21-23/h10-12,19-21H,3-9,13-18H2,1-2H3,(H,28,29). The van der Waals surface area contributed by atoms with Gasteiger partial charge in [0.1, 0.15) is 0 Å². The molecule has 1 aliphatic heterocycles. The number of rotatable bonds is 13. The van der Waals surface area contributed by atoms with Gasteiger partial charge in [0.25, 0.3) is 5.91 Å². The molecule has 1 N–H and O–H groups in total. The van der Waals surface area contributed by atoms with Gasteiger partial charge >= 0.3 is 0 Å². The SMILES string of the molecule is CCCCN(CCCC)C(=O)c1ccc2nc(Nc3ccsc3)n(CCCN3CCCC3)c2c1. The quantitative estimate of drug-likeness (QED) is 0.308. The Morgan fingerprint density at radius 2 is 1.82 bits per heavy atom. The van der Waals surface area contributed by atoms with Crippen LogP contribution in [0.5, 0.6) is 0 Å². The first kappa shape index (κ1) is 24.7. The lowest BCUT2D eigenvalue weighted by atomic mass is 10.1. The third-order valence-corrected chi connectivity index (χ3v) is 7.36. The van der Waals surface area contributed by atoms with E-state index in [1.165, 1.54) is 25.9 Å². The molecule has 0 bridgehead atoms. The largest absolute Gasteiger partial charge is 0.339 e. The Bertz CT molecular complexity index is 1030. The average Bonchev–Trinajstić information content (AvgIpc) is 3.61. The van der Waals surface area contributed by atoms with E-state index in [-0.39, 0.29) is 5.91 Å². The molecular weight excluding hydrogens is 442 g/mol. The van der Waals surface area contributed by atoms with Crippen LogP contribution in [-0.4, -0.2) is 58.0 Å². The van der Waals surface area contributed by atoms with Gasteiger partial charge in [-0.05, 0) is 81.4 Å². The van der Waals surface area contributed by atoms with Crippen LogP contribution in [0.3, 0.4) is 0 Å². The number of carbonyl (C=O) groups excluding carboxylic acids is 1. The van der Waals surface area contributed by atoms with Gasteiger partial charge in [0.15, 0.2) is 0 Å². The monoisotopic (exact) mass is 481 g/mol. The maximum Gasteiger partial charge on any atom is 0.253 e. The zero-order valence-electron chi connectivity index (χ0n) is 20.8. The van der Waals surface area contributed by atoms with E-state index in [1.54, 1.807) is 11.3 Å². The highest BCUT2D eigenvalue weighted by molar-refractivity contribution is 7.08. The van der Waals surface area contributed by atoms with Crippen LogP contribution in [-0.2, 0) is 6.54 Å². The molecule has 1 aromatic carbocycles. The predicted molar refractivity (Wildman–Crippen MR) is 143 cm³/mol. The summed E-state index contributed by atoms with van der Waals surface area (Å²) in [5, 5.41) is 7.67. The third-order valence-electron chi connectivity index (χ3n) is 6.68. The minimum atomic E-state index is 0.140. The van der Waals surface area contributed by atoms with Gasteiger partial charge in [-0.15, -0.1) is 0 Å². The Morgan fingerprint density at radius 3 is 2.50 bits per heavy atom. The van der Waals surface area contributed by atoms with Crippen molar-refractivity contribution in [2.45, 2.75) is 65.3 Å². The molecular formula is C27H39N5OS. The van der Waals surface area contributed by atoms with Gasteiger partial charge < -0.3 is 19.7 Å². The highest BCUT2D eigenvalue weighted by Crippen LogP contribution is 2.26. The number of thiophene rings is 1. The number of fused-ring (bicyclic) bond motifs is 1. The Hall–Kier alpha value is -2.38. The number of likely N-dealkylation sites (tertiary alicyclic amines) is 1. The number of hydrogen-bond acceptors (Lipinski definition) is 5. The first-order chi connectivity index (χ1) is 16.7. The van der Waals surface area contributed by atoms with Crippen molar-refractivity contribution in [3.63, 3.8) is 0 Å². The van der Waals surface area contributed by atoms with Crippen molar-refractivity contribution in [3.8, 4) is 0 Å². The molecule has 0 atom stereocenters. The molecule has 6 nitrogen and oxygen atoms in total. The summed E-state index contributed by atoms with van der Waals surface area (Å²) in [5.74, 6) is 0.995. The maximum absolute atomic E-state index is 13.4. The van der Waals surface area contributed by atoms with Crippen LogP contribution >= 0.6 is 11.3 Å². The number of imidazole rings is 1. The summed E-state index contributed by atoms with van der Waals surface area (Å²) < 4.78 is 2.27. The van der Waals surface area contributed by atoms with Crippen molar-refractivity contribution in [1.29, 1.82) is 0 Å². The molecule has 3 aromatic rings. The number of benzene rings is 1. The van der Waals surface area contributed by atoms with Gasteiger partial charge in [0, 0.05) is 30.6 Å². The minimum absolute atomic E-state index is 0.140. The molecule has 1 saturated heterocycles. The van der Waals surface area contributed by atoms with Crippen molar-refractivity contribution in [3.05, 3.63) is 40.6 Å². The Kier molecular flexibility index (Phi) is 8.99. The molecule has 2 aromatic heterocycles. The predicted octanol–water partition coefficient (Wildman–Crippen LogP) is 6.37. The molecule has 7 heteroatoms. The summed E-state index contributed by atoms with van der Waals surface area (Å²) in [5.41, 5.74) is 3.80. The lowest BCUT2D eigenvalue weighted by molar-refractivity contribution is 0.0751. The van der Waals surface area contributed by atoms with E-state index in [9.17, 15) is 4.79 Å². The first-order valence-electron chi connectivity index (χ1n) is 13.0. The van der Waals surface area contributed by atoms with Crippen LogP contribution in [0.2, 0.25) is 0 Å². The number of nitrogens with zero attached hydrogens (tertiary/aromatic N) is 4. The summed E-state index contributed by atoms with van der Waals surface area (Å²) >= 11 is 1.67. The summed E-state index contributed by atoms with van der Waals surface area (Å²) in [6.07, 6.45) is 7.98. The molecule has 0 saturated carbocycles. The van der Waals surface area contributed by atoms with E-state index in [0.717, 1.165) is 86.5 Å². The van der Waals surface area contributed by atoms with Crippen LogP contribution in [0.4, 0.5) is 11.6 Å². The Labute approximate surface area is 208 Å². The number of aromatic nitrogens is 2. The second-order valence-corrected chi connectivity index (χ2v) is 10.1. The molecule has 4 rings (SSSR count). The molecule has 0 aliphatic carbocycles. The third kappa shape index (κ3) is 6.19. The summed E-state index contributed by atoms with van der Waals surface area (Å²) in [6.45, 7) is 10.4. The molecule has 34 heavy (non-hydrogen) atoms. The zero-order chi connectivity index (χ0) is 23.8. The number of amides is 1. The van der Waals surface area contributed by atoms with Gasteiger partial charge in [0.05, 0.1) is 16.7 Å². The van der Waals surface area contributed by atoms with Crippen LogP contribution in [0, 0.1) is 0 Å². The normalized spacial score (nSPS) is 14.2. The maximum atomic E-state index is 13.4. The van der Waals surface area contributed by atoms with Crippen molar-refractivity contribution < 1.29 is 4.79 Å². The molecule has 184 valence electrons. The van der Waals surface area contributed by atoms with Gasteiger partial charge in [-0.1, -0.05) is 26.7 Å². The zero-order valence-corrected chi connectivity index (χ0v) is 21.6. The van der Waals surface area contributed by atoms with Crippen LogP contribution in [0.25, 0.3) is 11.0 Å². The number of unbranched alkanes of at least 4 members (excludes halogenated alkanes) is 2. The lowest BCUT2D eigenvalue weighted by Crippen LogP contribution is -2.33. The van der Waals surface area contributed by atoms with Crippen LogP contribution in [0.1, 0.15) is 69.2 Å². The number of aryl methyl sites for hydroxylation is 1. The van der Waals surface area contributed by atoms with E-state index < -0.39 is 0 Å². The highest BCUT2D eigenvalue weighted by atomic mass is 32.1. The van der Waals surface area contributed by atoms with E-state index >= 15 is 0 Å². The van der Waals surface area contributed by atoms with Crippen molar-refractivity contribution in [2.75, 3.05) is 38.0 Å². The average molecular weight is 482 g/mol. The molecule has 1 aliphatic rings. The lowest BCUT2D eigenvalue weighted by Gasteiger charge is -2.22. The smallest absolute Gasteiger partial charge is 0.253 e. The summed E-state index contributed by atoms with van der Waals surface area (Å²) in [4.78, 5) is 22.9. The van der Waals surface area contributed by atoms with Gasteiger partial charge in [-0.2, -0.15) is 11.3 Å². The van der Waals surface area contributed by atoms with Crippen LogP contribution in [0.15, 0.2) is 35.0 Å².